The zero-order valence-corrected chi connectivity index (χ0v) is 12.1. The van der Waals surface area contributed by atoms with E-state index >= 15 is 0 Å². The first-order valence-corrected chi connectivity index (χ1v) is 6.89. The average Bonchev–Trinajstić information content (AvgIpc) is 3.08. The smallest absolute Gasteiger partial charge is 0.261 e. The van der Waals surface area contributed by atoms with Gasteiger partial charge in [0.1, 0.15) is 0 Å². The van der Waals surface area contributed by atoms with Gasteiger partial charge in [-0.25, -0.2) is 0 Å². The Bertz CT molecular complexity index is 581. The van der Waals surface area contributed by atoms with Gasteiger partial charge in [-0.2, -0.15) is 10.1 Å². The molecular weight excluding hydrogens is 256 g/mol. The topological polar surface area (TPSA) is 82.9 Å². The molecule has 2 N–H and O–H groups in total. The first-order valence-electron chi connectivity index (χ1n) is 6.89. The summed E-state index contributed by atoms with van der Waals surface area (Å²) in [6.45, 7) is 10.2. The molecule has 2 aromatic rings. The second-order valence-electron chi connectivity index (χ2n) is 5.63. The number of hydrogen-bond donors (Lipinski definition) is 2. The van der Waals surface area contributed by atoms with Crippen molar-refractivity contribution in [1.29, 1.82) is 0 Å². The van der Waals surface area contributed by atoms with Gasteiger partial charge < -0.3 is 9.84 Å². The van der Waals surface area contributed by atoms with Gasteiger partial charge in [0.25, 0.3) is 5.89 Å². The molecule has 0 radical (unpaired) electrons. The van der Waals surface area contributed by atoms with E-state index in [1.165, 1.54) is 0 Å². The van der Waals surface area contributed by atoms with Crippen LogP contribution in [0.15, 0.2) is 10.7 Å². The molecule has 7 nitrogen and oxygen atoms in total. The molecule has 3 heterocycles. The number of hydrogen-bond acceptors (Lipinski definition) is 6. The number of nitrogens with zero attached hydrogens (tertiary/aromatic N) is 4. The lowest BCUT2D eigenvalue weighted by atomic mass is 10.0. The van der Waals surface area contributed by atoms with Crippen molar-refractivity contribution in [1.82, 2.24) is 30.6 Å². The van der Waals surface area contributed by atoms with Crippen LogP contribution in [0.1, 0.15) is 25.4 Å². The predicted octanol–water partition coefficient (Wildman–Crippen LogP) is 0.908. The zero-order valence-electron chi connectivity index (χ0n) is 12.1. The van der Waals surface area contributed by atoms with E-state index in [1.807, 2.05) is 6.92 Å². The molecule has 0 unspecified atom stereocenters. The SMILES string of the molecule is Cc1[nH]ncc1-c1nc(C(C)(C)N2CCNCC2)no1. The second kappa shape index (κ2) is 4.99. The minimum Gasteiger partial charge on any atom is -0.334 e. The van der Waals surface area contributed by atoms with Gasteiger partial charge in [-0.15, -0.1) is 0 Å². The minimum atomic E-state index is -0.235. The molecule has 1 aliphatic rings. The Balaban J connectivity index is 1.87. The van der Waals surface area contributed by atoms with E-state index in [0.29, 0.717) is 5.89 Å². The summed E-state index contributed by atoms with van der Waals surface area (Å²) in [5.74, 6) is 1.24. The van der Waals surface area contributed by atoms with E-state index in [-0.39, 0.29) is 5.54 Å². The van der Waals surface area contributed by atoms with Crippen molar-refractivity contribution in [2.24, 2.45) is 0 Å². The molecule has 108 valence electrons. The fourth-order valence-electron chi connectivity index (χ4n) is 2.51. The van der Waals surface area contributed by atoms with Crippen LogP contribution in [0.25, 0.3) is 11.5 Å². The standard InChI is InChI=1S/C13H20N6O/c1-9-10(8-15-17-9)11-16-12(18-20-11)13(2,3)19-6-4-14-5-7-19/h8,14H,4-7H2,1-3H3,(H,15,17). The average molecular weight is 276 g/mol. The molecule has 20 heavy (non-hydrogen) atoms. The van der Waals surface area contributed by atoms with Crippen LogP contribution in [0.2, 0.25) is 0 Å². The predicted molar refractivity (Wildman–Crippen MR) is 74.1 cm³/mol. The number of nitrogens with one attached hydrogen (secondary N) is 2. The van der Waals surface area contributed by atoms with Gasteiger partial charge in [-0.05, 0) is 20.8 Å². The summed E-state index contributed by atoms with van der Waals surface area (Å²) in [5, 5.41) is 14.4. The third-order valence-corrected chi connectivity index (χ3v) is 3.94. The Kier molecular flexibility index (Phi) is 3.31. The van der Waals surface area contributed by atoms with E-state index < -0.39 is 0 Å². The molecule has 0 aliphatic carbocycles. The van der Waals surface area contributed by atoms with E-state index in [9.17, 15) is 0 Å². The summed E-state index contributed by atoms with van der Waals surface area (Å²) in [7, 11) is 0. The molecule has 1 saturated heterocycles. The first-order chi connectivity index (χ1) is 9.59. The fraction of sp³-hybridized carbons (Fsp3) is 0.615. The summed E-state index contributed by atoms with van der Waals surface area (Å²) < 4.78 is 5.40. The quantitative estimate of drug-likeness (QED) is 0.867. The molecule has 0 bridgehead atoms. The third kappa shape index (κ3) is 2.23. The van der Waals surface area contributed by atoms with Crippen LogP contribution in [-0.4, -0.2) is 51.4 Å². The highest BCUT2D eigenvalue weighted by molar-refractivity contribution is 5.54. The van der Waals surface area contributed by atoms with Crippen LogP contribution in [-0.2, 0) is 5.54 Å². The van der Waals surface area contributed by atoms with Crippen molar-refractivity contribution in [3.63, 3.8) is 0 Å². The van der Waals surface area contributed by atoms with Crippen LogP contribution in [0, 0.1) is 6.92 Å². The van der Waals surface area contributed by atoms with Crippen molar-refractivity contribution < 1.29 is 4.52 Å². The van der Waals surface area contributed by atoms with Crippen LogP contribution < -0.4 is 5.32 Å². The lowest BCUT2D eigenvalue weighted by Crippen LogP contribution is -2.52. The Labute approximate surface area is 117 Å². The molecule has 3 rings (SSSR count). The highest BCUT2D eigenvalue weighted by atomic mass is 16.5. The van der Waals surface area contributed by atoms with Crippen molar-refractivity contribution in [3.8, 4) is 11.5 Å². The van der Waals surface area contributed by atoms with Gasteiger partial charge >= 0.3 is 0 Å². The van der Waals surface area contributed by atoms with Gasteiger partial charge in [0.05, 0.1) is 17.3 Å². The van der Waals surface area contributed by atoms with Crippen LogP contribution in [0.4, 0.5) is 0 Å². The molecule has 1 fully saturated rings. The maximum absolute atomic E-state index is 5.40. The van der Waals surface area contributed by atoms with E-state index in [2.05, 4.69) is 44.4 Å². The normalized spacial score (nSPS) is 17.6. The zero-order chi connectivity index (χ0) is 14.2. The number of H-pyrrole nitrogens is 1. The van der Waals surface area contributed by atoms with Crippen LogP contribution in [0.3, 0.4) is 0 Å². The van der Waals surface area contributed by atoms with Gasteiger partial charge in [-0.3, -0.25) is 10.00 Å². The highest BCUT2D eigenvalue weighted by Gasteiger charge is 2.34. The largest absolute Gasteiger partial charge is 0.334 e. The summed E-state index contributed by atoms with van der Waals surface area (Å²) in [6, 6.07) is 0. The Morgan fingerprint density at radius 3 is 2.70 bits per heavy atom. The summed E-state index contributed by atoms with van der Waals surface area (Å²) in [4.78, 5) is 6.94. The van der Waals surface area contributed by atoms with Gasteiger partial charge in [0.2, 0.25) is 0 Å². The van der Waals surface area contributed by atoms with Crippen molar-refractivity contribution in [2.45, 2.75) is 26.3 Å². The van der Waals surface area contributed by atoms with Gasteiger partial charge in [0.15, 0.2) is 5.82 Å². The summed E-state index contributed by atoms with van der Waals surface area (Å²) in [6.07, 6.45) is 1.71. The van der Waals surface area contributed by atoms with E-state index in [0.717, 1.165) is 43.3 Å². The molecule has 0 spiro atoms. The monoisotopic (exact) mass is 276 g/mol. The number of aromatic amines is 1. The third-order valence-electron chi connectivity index (χ3n) is 3.94. The lowest BCUT2D eigenvalue weighted by Gasteiger charge is -2.38. The molecule has 1 aliphatic heterocycles. The van der Waals surface area contributed by atoms with Crippen LogP contribution in [0.5, 0.6) is 0 Å². The van der Waals surface area contributed by atoms with Crippen molar-refractivity contribution >= 4 is 0 Å². The first kappa shape index (κ1) is 13.3. The second-order valence-corrected chi connectivity index (χ2v) is 5.63. The Morgan fingerprint density at radius 2 is 2.05 bits per heavy atom. The molecule has 0 amide bonds. The van der Waals surface area contributed by atoms with E-state index in [4.69, 9.17) is 4.52 Å². The number of aryl methyl sites for hydroxylation is 1. The number of rotatable bonds is 3. The van der Waals surface area contributed by atoms with E-state index in [1.54, 1.807) is 6.20 Å². The highest BCUT2D eigenvalue weighted by Crippen LogP contribution is 2.28. The Hall–Kier alpha value is -1.73. The van der Waals surface area contributed by atoms with Gasteiger partial charge in [-0.1, -0.05) is 5.16 Å². The number of aromatic nitrogens is 4. The van der Waals surface area contributed by atoms with Crippen LogP contribution >= 0.6 is 0 Å². The van der Waals surface area contributed by atoms with Gasteiger partial charge in [0, 0.05) is 31.9 Å². The molecule has 7 heteroatoms. The minimum absolute atomic E-state index is 0.235. The molecule has 0 aromatic carbocycles. The maximum atomic E-state index is 5.40. The molecule has 0 atom stereocenters. The maximum Gasteiger partial charge on any atom is 0.261 e. The van der Waals surface area contributed by atoms with Crippen molar-refractivity contribution in [2.75, 3.05) is 26.2 Å². The molecule has 2 aromatic heterocycles. The fourth-order valence-corrected chi connectivity index (χ4v) is 2.51. The lowest BCUT2D eigenvalue weighted by molar-refractivity contribution is 0.0925. The summed E-state index contributed by atoms with van der Waals surface area (Å²) >= 11 is 0. The number of piperazine rings is 1. The Morgan fingerprint density at radius 1 is 1.30 bits per heavy atom. The molecular formula is C13H20N6O. The molecule has 0 saturated carbocycles. The summed E-state index contributed by atoms with van der Waals surface area (Å²) in [5.41, 5.74) is 1.56. The van der Waals surface area contributed by atoms with Crippen molar-refractivity contribution in [3.05, 3.63) is 17.7 Å².